The van der Waals surface area contributed by atoms with E-state index in [2.05, 4.69) is 24.7 Å². The van der Waals surface area contributed by atoms with Gasteiger partial charge in [-0.2, -0.15) is 0 Å². The third-order valence-corrected chi connectivity index (χ3v) is 2.39. The van der Waals surface area contributed by atoms with Gasteiger partial charge in [0.1, 0.15) is 0 Å². The van der Waals surface area contributed by atoms with Crippen molar-refractivity contribution >= 4 is 0 Å². The second kappa shape index (κ2) is 4.61. The number of allylic oxidation sites excluding steroid dienone is 3. The number of aromatic nitrogens is 2. The lowest BCUT2D eigenvalue weighted by atomic mass is 9.91. The molecule has 2 heteroatoms. The van der Waals surface area contributed by atoms with E-state index in [9.17, 15) is 0 Å². The van der Waals surface area contributed by atoms with E-state index >= 15 is 0 Å². The molecule has 0 bridgehead atoms. The van der Waals surface area contributed by atoms with Crippen LogP contribution in [0.4, 0.5) is 0 Å². The van der Waals surface area contributed by atoms with E-state index in [1.165, 1.54) is 0 Å². The highest BCUT2D eigenvalue weighted by atomic mass is 15.1. The lowest BCUT2D eigenvalue weighted by Gasteiger charge is -2.29. The molecule has 0 aliphatic rings. The molecular formula is C12H16N2. The third kappa shape index (κ3) is 1.84. The minimum Gasteiger partial charge on any atom is -0.327 e. The zero-order chi connectivity index (χ0) is 10.4. The Kier molecular flexibility index (Phi) is 3.46. The van der Waals surface area contributed by atoms with Crippen molar-refractivity contribution in [2.45, 2.75) is 18.4 Å². The van der Waals surface area contributed by atoms with Gasteiger partial charge >= 0.3 is 0 Å². The Morgan fingerprint density at radius 1 is 1.21 bits per heavy atom. The van der Waals surface area contributed by atoms with Crippen molar-refractivity contribution in [2.75, 3.05) is 0 Å². The average Bonchev–Trinajstić information content (AvgIpc) is 2.70. The molecule has 0 atom stereocenters. The number of hydrogen-bond donors (Lipinski definition) is 0. The maximum absolute atomic E-state index is 4.05. The van der Waals surface area contributed by atoms with Gasteiger partial charge in [0.2, 0.25) is 0 Å². The normalized spacial score (nSPS) is 10.9. The van der Waals surface area contributed by atoms with E-state index in [1.807, 2.05) is 29.0 Å². The fourth-order valence-electron chi connectivity index (χ4n) is 1.59. The summed E-state index contributed by atoms with van der Waals surface area (Å²) in [7, 11) is 0. The first-order valence-electron chi connectivity index (χ1n) is 4.63. The lowest BCUT2D eigenvalue weighted by Crippen LogP contribution is -2.29. The average molecular weight is 188 g/mol. The summed E-state index contributed by atoms with van der Waals surface area (Å²) in [5, 5.41) is 0. The zero-order valence-electron chi connectivity index (χ0n) is 8.39. The number of hydrogen-bond acceptors (Lipinski definition) is 1. The number of rotatable bonds is 6. The highest BCUT2D eigenvalue weighted by Crippen LogP contribution is 2.27. The van der Waals surface area contributed by atoms with E-state index in [0.717, 1.165) is 12.8 Å². The van der Waals surface area contributed by atoms with Crippen LogP contribution < -0.4 is 0 Å². The Labute approximate surface area is 85.3 Å². The Bertz CT molecular complexity index is 299. The molecule has 1 heterocycles. The molecule has 0 amide bonds. The molecule has 0 spiro atoms. The number of nitrogens with zero attached hydrogens (tertiary/aromatic N) is 2. The van der Waals surface area contributed by atoms with Gasteiger partial charge in [-0.25, -0.2) is 4.98 Å². The Morgan fingerprint density at radius 3 is 2.21 bits per heavy atom. The van der Waals surface area contributed by atoms with Gasteiger partial charge in [0, 0.05) is 12.4 Å². The molecular weight excluding hydrogens is 172 g/mol. The third-order valence-electron chi connectivity index (χ3n) is 2.39. The van der Waals surface area contributed by atoms with Gasteiger partial charge in [0.25, 0.3) is 0 Å². The highest BCUT2D eigenvalue weighted by Gasteiger charge is 2.24. The van der Waals surface area contributed by atoms with Crippen molar-refractivity contribution < 1.29 is 0 Å². The zero-order valence-corrected chi connectivity index (χ0v) is 8.39. The van der Waals surface area contributed by atoms with Crippen LogP contribution in [0.1, 0.15) is 12.8 Å². The summed E-state index contributed by atoms with van der Waals surface area (Å²) < 4.78 is 2.04. The summed E-state index contributed by atoms with van der Waals surface area (Å²) in [6.07, 6.45) is 12.9. The molecule has 2 nitrogen and oxygen atoms in total. The maximum Gasteiger partial charge on any atom is 0.0953 e. The first-order chi connectivity index (χ1) is 6.79. The molecule has 14 heavy (non-hydrogen) atoms. The molecule has 0 saturated carbocycles. The summed E-state index contributed by atoms with van der Waals surface area (Å²) in [5.74, 6) is 0. The Balaban J connectivity index is 3.05. The van der Waals surface area contributed by atoms with Crippen LogP contribution in [-0.2, 0) is 5.54 Å². The van der Waals surface area contributed by atoms with Crippen LogP contribution in [0.3, 0.4) is 0 Å². The molecule has 0 unspecified atom stereocenters. The van der Waals surface area contributed by atoms with Crippen molar-refractivity contribution in [3.8, 4) is 0 Å². The fourth-order valence-corrected chi connectivity index (χ4v) is 1.59. The van der Waals surface area contributed by atoms with Crippen LogP contribution in [-0.4, -0.2) is 9.55 Å². The van der Waals surface area contributed by atoms with Crippen LogP contribution in [0.2, 0.25) is 0 Å². The van der Waals surface area contributed by atoms with Gasteiger partial charge in [-0.05, 0) is 12.8 Å². The Hall–Kier alpha value is -1.57. The van der Waals surface area contributed by atoms with Crippen LogP contribution in [0.15, 0.2) is 56.7 Å². The predicted octanol–water partition coefficient (Wildman–Crippen LogP) is 2.92. The van der Waals surface area contributed by atoms with Crippen molar-refractivity contribution in [3.05, 3.63) is 56.7 Å². The van der Waals surface area contributed by atoms with Gasteiger partial charge in [-0.1, -0.05) is 18.2 Å². The first kappa shape index (κ1) is 10.5. The lowest BCUT2D eigenvalue weighted by molar-refractivity contribution is 0.378. The van der Waals surface area contributed by atoms with Crippen LogP contribution in [0, 0.1) is 0 Å². The number of imidazole rings is 1. The molecule has 0 N–H and O–H groups in total. The highest BCUT2D eigenvalue weighted by molar-refractivity contribution is 5.08. The van der Waals surface area contributed by atoms with Crippen molar-refractivity contribution in [1.82, 2.24) is 9.55 Å². The first-order valence-corrected chi connectivity index (χ1v) is 4.63. The van der Waals surface area contributed by atoms with Crippen LogP contribution in [0.5, 0.6) is 0 Å². The van der Waals surface area contributed by atoms with E-state index in [1.54, 1.807) is 12.5 Å². The summed E-state index contributed by atoms with van der Waals surface area (Å²) in [5.41, 5.74) is -0.153. The van der Waals surface area contributed by atoms with Crippen LogP contribution in [0.25, 0.3) is 0 Å². The molecule has 0 fully saturated rings. The van der Waals surface area contributed by atoms with Crippen molar-refractivity contribution in [2.24, 2.45) is 0 Å². The van der Waals surface area contributed by atoms with Gasteiger partial charge in [-0.3, -0.25) is 0 Å². The summed E-state index contributed by atoms with van der Waals surface area (Å²) in [4.78, 5) is 4.05. The van der Waals surface area contributed by atoms with E-state index in [-0.39, 0.29) is 5.54 Å². The molecule has 74 valence electrons. The van der Waals surface area contributed by atoms with Gasteiger partial charge in [0.05, 0.1) is 11.9 Å². The SMILES string of the molecule is C=CCC(C=C)(CC=C)n1ccnc1. The molecule has 0 aliphatic carbocycles. The molecule has 0 radical (unpaired) electrons. The maximum atomic E-state index is 4.05. The summed E-state index contributed by atoms with van der Waals surface area (Å²) >= 11 is 0. The second-order valence-electron chi connectivity index (χ2n) is 3.26. The van der Waals surface area contributed by atoms with E-state index in [0.29, 0.717) is 0 Å². The fraction of sp³-hybridized carbons (Fsp3) is 0.250. The van der Waals surface area contributed by atoms with Gasteiger partial charge < -0.3 is 4.57 Å². The molecule has 0 saturated heterocycles. The second-order valence-corrected chi connectivity index (χ2v) is 3.26. The van der Waals surface area contributed by atoms with Gasteiger partial charge in [0.15, 0.2) is 0 Å². The van der Waals surface area contributed by atoms with E-state index < -0.39 is 0 Å². The van der Waals surface area contributed by atoms with Crippen LogP contribution >= 0.6 is 0 Å². The molecule has 0 aromatic carbocycles. The predicted molar refractivity (Wildman–Crippen MR) is 60.0 cm³/mol. The molecule has 1 aromatic heterocycles. The standard InChI is InChI=1S/C12H16N2/c1-4-7-12(6-3,8-5-2)14-10-9-13-11-14/h4-6,9-11H,1-3,7-8H2. The molecule has 0 aliphatic heterocycles. The van der Waals surface area contributed by atoms with Crippen molar-refractivity contribution in [1.29, 1.82) is 0 Å². The quantitative estimate of drug-likeness (QED) is 0.628. The topological polar surface area (TPSA) is 17.8 Å². The summed E-state index contributed by atoms with van der Waals surface area (Å²) in [6.45, 7) is 11.4. The largest absolute Gasteiger partial charge is 0.327 e. The minimum absolute atomic E-state index is 0.153. The minimum atomic E-state index is -0.153. The molecule has 1 aromatic rings. The van der Waals surface area contributed by atoms with Gasteiger partial charge in [-0.15, -0.1) is 19.7 Å². The summed E-state index contributed by atoms with van der Waals surface area (Å²) in [6, 6.07) is 0. The monoisotopic (exact) mass is 188 g/mol. The van der Waals surface area contributed by atoms with E-state index in [4.69, 9.17) is 0 Å². The molecule has 1 rings (SSSR count). The smallest absolute Gasteiger partial charge is 0.0953 e. The Morgan fingerprint density at radius 2 is 1.86 bits per heavy atom. The van der Waals surface area contributed by atoms with Crippen molar-refractivity contribution in [3.63, 3.8) is 0 Å².